The molecule has 3 aromatic rings. The maximum absolute atomic E-state index is 11.8. The van der Waals surface area contributed by atoms with Gasteiger partial charge < -0.3 is 34.9 Å². The zero-order chi connectivity index (χ0) is 27.5. The SMILES string of the molecule is C=CC(=O)N[C@H]1COC[C@H]1Nc1ncc2cc(-c3c(Cl)c(OC)cc(OC)c3Cl)nc(NCC3COC3)c2n1. The van der Waals surface area contributed by atoms with Crippen LogP contribution >= 0.6 is 23.2 Å². The summed E-state index contributed by atoms with van der Waals surface area (Å²) in [7, 11) is 3.04. The van der Waals surface area contributed by atoms with Gasteiger partial charge in [0.2, 0.25) is 11.9 Å². The molecule has 2 aliphatic heterocycles. The monoisotopic (exact) mass is 574 g/mol. The number of amides is 1. The van der Waals surface area contributed by atoms with Crippen LogP contribution in [0.5, 0.6) is 11.5 Å². The van der Waals surface area contributed by atoms with Gasteiger partial charge in [0.1, 0.15) is 17.0 Å². The third-order valence-corrected chi connectivity index (χ3v) is 7.32. The van der Waals surface area contributed by atoms with Crippen LogP contribution in [0.2, 0.25) is 10.0 Å². The molecule has 5 rings (SSSR count). The second-order valence-electron chi connectivity index (χ2n) is 9.16. The highest BCUT2D eigenvalue weighted by Crippen LogP contribution is 2.46. The number of rotatable bonds is 10. The summed E-state index contributed by atoms with van der Waals surface area (Å²) < 4.78 is 21.8. The molecular weight excluding hydrogens is 547 g/mol. The fraction of sp³-hybridized carbons (Fsp3) is 0.385. The molecule has 2 aromatic heterocycles. The van der Waals surface area contributed by atoms with E-state index < -0.39 is 0 Å². The van der Waals surface area contributed by atoms with Crippen molar-refractivity contribution in [3.63, 3.8) is 0 Å². The molecule has 0 aliphatic carbocycles. The lowest BCUT2D eigenvalue weighted by Gasteiger charge is -2.26. The number of benzene rings is 1. The van der Waals surface area contributed by atoms with E-state index in [9.17, 15) is 4.79 Å². The molecule has 0 spiro atoms. The average molecular weight is 575 g/mol. The van der Waals surface area contributed by atoms with Crippen molar-refractivity contribution in [3.05, 3.63) is 41.0 Å². The summed E-state index contributed by atoms with van der Waals surface area (Å²) in [6.45, 7) is 6.27. The molecule has 2 fully saturated rings. The highest BCUT2D eigenvalue weighted by molar-refractivity contribution is 6.41. The first-order chi connectivity index (χ1) is 18.9. The van der Waals surface area contributed by atoms with Crippen LogP contribution in [0.4, 0.5) is 11.8 Å². The van der Waals surface area contributed by atoms with E-state index in [0.29, 0.717) is 94.4 Å². The van der Waals surface area contributed by atoms with Gasteiger partial charge in [-0.15, -0.1) is 0 Å². The first-order valence-electron chi connectivity index (χ1n) is 12.3. The topological polar surface area (TPSA) is 129 Å². The smallest absolute Gasteiger partial charge is 0.243 e. The molecule has 13 heteroatoms. The number of halogens is 2. The van der Waals surface area contributed by atoms with Crippen LogP contribution in [-0.4, -0.2) is 80.1 Å². The molecule has 0 unspecified atom stereocenters. The lowest BCUT2D eigenvalue weighted by Crippen LogP contribution is -2.45. The normalized spacial score (nSPS) is 18.9. The number of ether oxygens (including phenoxy) is 4. The minimum atomic E-state index is -0.272. The number of carbonyl (C=O) groups is 1. The van der Waals surface area contributed by atoms with Gasteiger partial charge in [0.25, 0.3) is 0 Å². The van der Waals surface area contributed by atoms with E-state index in [4.69, 9.17) is 52.1 Å². The van der Waals surface area contributed by atoms with Gasteiger partial charge in [-0.05, 0) is 12.1 Å². The molecule has 0 bridgehead atoms. The summed E-state index contributed by atoms with van der Waals surface area (Å²) in [5, 5.41) is 10.9. The van der Waals surface area contributed by atoms with Crippen molar-refractivity contribution in [2.24, 2.45) is 5.92 Å². The molecule has 39 heavy (non-hydrogen) atoms. The Labute approximate surface area is 235 Å². The Hall–Kier alpha value is -3.38. The highest BCUT2D eigenvalue weighted by Gasteiger charge is 2.30. The van der Waals surface area contributed by atoms with Gasteiger partial charge in [0.15, 0.2) is 5.82 Å². The van der Waals surface area contributed by atoms with Gasteiger partial charge in [-0.25, -0.2) is 15.0 Å². The first-order valence-corrected chi connectivity index (χ1v) is 13.0. The maximum atomic E-state index is 11.8. The van der Waals surface area contributed by atoms with Crippen molar-refractivity contribution in [3.8, 4) is 22.8 Å². The van der Waals surface area contributed by atoms with Crippen LogP contribution < -0.4 is 25.4 Å². The van der Waals surface area contributed by atoms with Crippen LogP contribution in [0, 0.1) is 5.92 Å². The summed E-state index contributed by atoms with van der Waals surface area (Å²) in [6, 6.07) is 2.97. The van der Waals surface area contributed by atoms with Gasteiger partial charge in [0, 0.05) is 35.7 Å². The number of nitrogens with zero attached hydrogens (tertiary/aromatic N) is 3. The van der Waals surface area contributed by atoms with E-state index >= 15 is 0 Å². The molecule has 2 saturated heterocycles. The van der Waals surface area contributed by atoms with E-state index in [1.54, 1.807) is 12.3 Å². The van der Waals surface area contributed by atoms with E-state index in [1.165, 1.54) is 20.3 Å². The van der Waals surface area contributed by atoms with Crippen LogP contribution in [0.3, 0.4) is 0 Å². The molecule has 4 heterocycles. The molecule has 0 saturated carbocycles. The second-order valence-corrected chi connectivity index (χ2v) is 9.92. The van der Waals surface area contributed by atoms with E-state index in [2.05, 4.69) is 27.5 Å². The van der Waals surface area contributed by atoms with Crippen molar-refractivity contribution >= 4 is 51.8 Å². The highest BCUT2D eigenvalue weighted by atomic mass is 35.5. The Balaban J connectivity index is 1.54. The van der Waals surface area contributed by atoms with Gasteiger partial charge in [0.05, 0.1) is 68.5 Å². The molecule has 206 valence electrons. The van der Waals surface area contributed by atoms with Crippen LogP contribution in [0.1, 0.15) is 0 Å². The number of methoxy groups -OCH3 is 2. The zero-order valence-corrected chi connectivity index (χ0v) is 22.9. The van der Waals surface area contributed by atoms with Crippen molar-refractivity contribution in [1.82, 2.24) is 20.3 Å². The quantitative estimate of drug-likeness (QED) is 0.309. The number of hydrogen-bond acceptors (Lipinski definition) is 10. The molecule has 1 aromatic carbocycles. The van der Waals surface area contributed by atoms with Crippen LogP contribution in [0.15, 0.2) is 31.0 Å². The fourth-order valence-electron chi connectivity index (χ4n) is 4.36. The number of carbonyl (C=O) groups excluding carboxylic acids is 1. The predicted octanol–water partition coefficient (Wildman–Crippen LogP) is 3.56. The van der Waals surface area contributed by atoms with E-state index in [1.807, 2.05) is 6.07 Å². The number of fused-ring (bicyclic) bond motifs is 1. The Morgan fingerprint density at radius 1 is 1.08 bits per heavy atom. The Morgan fingerprint density at radius 3 is 2.41 bits per heavy atom. The molecule has 11 nitrogen and oxygen atoms in total. The number of aromatic nitrogens is 3. The zero-order valence-electron chi connectivity index (χ0n) is 21.4. The Bertz CT molecular complexity index is 1370. The van der Waals surface area contributed by atoms with Crippen LogP contribution in [0.25, 0.3) is 22.2 Å². The summed E-state index contributed by atoms with van der Waals surface area (Å²) in [5.74, 6) is 1.81. The summed E-state index contributed by atoms with van der Waals surface area (Å²) in [6.07, 6.45) is 2.92. The third-order valence-electron chi connectivity index (χ3n) is 6.57. The number of nitrogens with one attached hydrogen (secondary N) is 3. The summed E-state index contributed by atoms with van der Waals surface area (Å²) >= 11 is 13.4. The minimum Gasteiger partial charge on any atom is -0.495 e. The average Bonchev–Trinajstić information content (AvgIpc) is 3.34. The molecular formula is C26H28Cl2N6O5. The number of hydrogen-bond donors (Lipinski definition) is 3. The van der Waals surface area contributed by atoms with Gasteiger partial charge in [-0.3, -0.25) is 4.79 Å². The second kappa shape index (κ2) is 11.8. The Morgan fingerprint density at radius 2 is 1.77 bits per heavy atom. The number of pyridine rings is 1. The lowest BCUT2D eigenvalue weighted by molar-refractivity contribution is -0.117. The molecule has 3 N–H and O–H groups in total. The van der Waals surface area contributed by atoms with Gasteiger partial charge in [-0.1, -0.05) is 29.8 Å². The third kappa shape index (κ3) is 5.67. The molecule has 1 amide bonds. The van der Waals surface area contributed by atoms with Gasteiger partial charge in [-0.2, -0.15) is 0 Å². The van der Waals surface area contributed by atoms with Crippen molar-refractivity contribution in [2.45, 2.75) is 12.1 Å². The Kier molecular flexibility index (Phi) is 8.22. The number of anilines is 2. The first kappa shape index (κ1) is 27.2. The molecule has 2 atom stereocenters. The molecule has 2 aliphatic rings. The molecule has 0 radical (unpaired) electrons. The fourth-order valence-corrected chi connectivity index (χ4v) is 5.05. The summed E-state index contributed by atoms with van der Waals surface area (Å²) in [5.41, 5.74) is 1.57. The lowest BCUT2D eigenvalue weighted by atomic mass is 10.1. The van der Waals surface area contributed by atoms with Crippen LogP contribution in [-0.2, 0) is 14.3 Å². The standard InChI is InChI=1S/C26H28Cl2N6O5/c1-4-20(35)31-16-11-39-12-17(16)33-26-30-8-14-5-15(21-22(27)18(36-2)6-19(37-3)23(21)28)32-25(24(14)34-26)29-7-13-9-38-10-13/h4-6,8,13,16-17H,1,7,9-12H2,2-3H3,(H,29,32)(H,31,35)(H,30,33,34)/t16-,17+/m0/s1. The van der Waals surface area contributed by atoms with E-state index in [0.717, 1.165) is 0 Å². The van der Waals surface area contributed by atoms with E-state index in [-0.39, 0.29) is 18.0 Å². The van der Waals surface area contributed by atoms with Crippen molar-refractivity contribution in [2.75, 3.05) is 57.8 Å². The van der Waals surface area contributed by atoms with Crippen molar-refractivity contribution < 1.29 is 23.7 Å². The van der Waals surface area contributed by atoms with Gasteiger partial charge >= 0.3 is 0 Å². The largest absolute Gasteiger partial charge is 0.495 e. The maximum Gasteiger partial charge on any atom is 0.243 e. The van der Waals surface area contributed by atoms with Crippen molar-refractivity contribution in [1.29, 1.82) is 0 Å². The minimum absolute atomic E-state index is 0.219. The summed E-state index contributed by atoms with van der Waals surface area (Å²) in [4.78, 5) is 26.0. The predicted molar refractivity (Wildman–Crippen MR) is 149 cm³/mol.